The van der Waals surface area contributed by atoms with E-state index in [9.17, 15) is 0 Å². The summed E-state index contributed by atoms with van der Waals surface area (Å²) >= 11 is 0. The zero-order valence-corrected chi connectivity index (χ0v) is 12.5. The van der Waals surface area contributed by atoms with Crippen molar-refractivity contribution < 1.29 is 5.21 Å². The molecule has 1 aliphatic rings. The fourth-order valence-electron chi connectivity index (χ4n) is 2.86. The van der Waals surface area contributed by atoms with E-state index in [-0.39, 0.29) is 5.84 Å². The summed E-state index contributed by atoms with van der Waals surface area (Å²) in [6.07, 6.45) is 4.05. The molecule has 1 aromatic rings. The number of pyridine rings is 1. The topological polar surface area (TPSA) is 74.7 Å². The summed E-state index contributed by atoms with van der Waals surface area (Å²) in [6.45, 7) is 8.83. The van der Waals surface area contributed by atoms with Crippen molar-refractivity contribution in [1.82, 2.24) is 4.98 Å². The second kappa shape index (κ2) is 5.69. The van der Waals surface area contributed by atoms with Crippen molar-refractivity contribution in [2.24, 2.45) is 22.2 Å². The van der Waals surface area contributed by atoms with Gasteiger partial charge in [-0.2, -0.15) is 0 Å². The molecule has 0 bridgehead atoms. The zero-order valence-electron chi connectivity index (χ0n) is 12.5. The van der Waals surface area contributed by atoms with Crippen molar-refractivity contribution >= 4 is 11.7 Å². The van der Waals surface area contributed by atoms with Crippen LogP contribution in [0.3, 0.4) is 0 Å². The Hall–Kier alpha value is -1.78. The molecule has 5 heteroatoms. The van der Waals surface area contributed by atoms with Crippen LogP contribution in [-0.4, -0.2) is 29.1 Å². The van der Waals surface area contributed by atoms with Crippen molar-refractivity contribution in [3.05, 3.63) is 23.9 Å². The molecule has 0 amide bonds. The Kier molecular flexibility index (Phi) is 4.16. The molecule has 1 aromatic heterocycles. The number of amidine groups is 1. The minimum Gasteiger partial charge on any atom is -0.409 e. The highest BCUT2D eigenvalue weighted by molar-refractivity contribution is 6.01. The van der Waals surface area contributed by atoms with Crippen molar-refractivity contribution in [2.75, 3.05) is 18.0 Å². The number of nitrogens with zero attached hydrogens (tertiary/aromatic N) is 3. The summed E-state index contributed by atoms with van der Waals surface area (Å²) < 4.78 is 0. The van der Waals surface area contributed by atoms with E-state index in [0.717, 1.165) is 37.7 Å². The van der Waals surface area contributed by atoms with Gasteiger partial charge < -0.3 is 15.8 Å². The number of aromatic nitrogens is 1. The van der Waals surface area contributed by atoms with E-state index in [1.807, 2.05) is 6.07 Å². The van der Waals surface area contributed by atoms with Crippen LogP contribution in [0.2, 0.25) is 0 Å². The van der Waals surface area contributed by atoms with Crippen LogP contribution in [0.1, 0.15) is 39.2 Å². The van der Waals surface area contributed by atoms with Crippen molar-refractivity contribution in [3.8, 4) is 0 Å². The van der Waals surface area contributed by atoms with Gasteiger partial charge >= 0.3 is 0 Å². The molecule has 0 radical (unpaired) electrons. The van der Waals surface area contributed by atoms with Crippen LogP contribution < -0.4 is 10.6 Å². The first-order chi connectivity index (χ1) is 9.43. The highest BCUT2D eigenvalue weighted by Crippen LogP contribution is 2.35. The largest absolute Gasteiger partial charge is 0.409 e. The maximum absolute atomic E-state index is 8.88. The van der Waals surface area contributed by atoms with E-state index in [2.05, 4.69) is 35.8 Å². The lowest BCUT2D eigenvalue weighted by molar-refractivity contribution is 0.198. The van der Waals surface area contributed by atoms with Gasteiger partial charge in [-0.3, -0.25) is 0 Å². The highest BCUT2D eigenvalue weighted by Gasteiger charge is 2.30. The Bertz CT molecular complexity index is 485. The van der Waals surface area contributed by atoms with Gasteiger partial charge in [-0.1, -0.05) is 25.9 Å². The predicted octanol–water partition coefficient (Wildman–Crippen LogP) is 2.44. The number of piperidine rings is 1. The Morgan fingerprint density at radius 3 is 2.60 bits per heavy atom. The summed E-state index contributed by atoms with van der Waals surface area (Å²) in [5.41, 5.74) is 6.78. The van der Waals surface area contributed by atoms with Crippen LogP contribution >= 0.6 is 0 Å². The van der Waals surface area contributed by atoms with Gasteiger partial charge in [0.15, 0.2) is 5.84 Å². The molecule has 0 saturated carbocycles. The van der Waals surface area contributed by atoms with Crippen LogP contribution in [0.15, 0.2) is 23.5 Å². The Labute approximate surface area is 120 Å². The molecule has 20 heavy (non-hydrogen) atoms. The first-order valence-corrected chi connectivity index (χ1v) is 7.11. The average Bonchev–Trinajstić information content (AvgIpc) is 2.45. The summed E-state index contributed by atoms with van der Waals surface area (Å²) in [4.78, 5) is 6.64. The summed E-state index contributed by atoms with van der Waals surface area (Å²) in [5, 5.41) is 12.0. The number of hydrogen-bond donors (Lipinski definition) is 2. The second-order valence-electron chi connectivity index (χ2n) is 6.49. The van der Waals surface area contributed by atoms with E-state index >= 15 is 0 Å². The van der Waals surface area contributed by atoms with Crippen LogP contribution in [0, 0.1) is 11.3 Å². The molecule has 0 aliphatic carbocycles. The number of oxime groups is 1. The van der Waals surface area contributed by atoms with Crippen molar-refractivity contribution in [3.63, 3.8) is 0 Å². The maximum Gasteiger partial charge on any atom is 0.173 e. The number of rotatable bonds is 2. The van der Waals surface area contributed by atoms with Gasteiger partial charge in [0.1, 0.15) is 5.82 Å². The van der Waals surface area contributed by atoms with Gasteiger partial charge in [0.2, 0.25) is 0 Å². The normalized spacial score (nSPS) is 18.4. The quantitative estimate of drug-likeness (QED) is 0.376. The average molecular weight is 276 g/mol. The Morgan fingerprint density at radius 2 is 2.05 bits per heavy atom. The molecule has 0 spiro atoms. The molecule has 2 heterocycles. The van der Waals surface area contributed by atoms with E-state index in [0.29, 0.717) is 11.0 Å². The maximum atomic E-state index is 8.88. The minimum atomic E-state index is 0.117. The molecular formula is C15H24N4O. The van der Waals surface area contributed by atoms with Gasteiger partial charge in [0, 0.05) is 19.3 Å². The zero-order chi connectivity index (χ0) is 14.8. The van der Waals surface area contributed by atoms with E-state index in [1.165, 1.54) is 0 Å². The molecule has 0 aromatic carbocycles. The summed E-state index contributed by atoms with van der Waals surface area (Å²) in [7, 11) is 0. The monoisotopic (exact) mass is 276 g/mol. The number of hydrogen-bond acceptors (Lipinski definition) is 4. The second-order valence-corrected chi connectivity index (χ2v) is 6.49. The Morgan fingerprint density at radius 1 is 1.40 bits per heavy atom. The first kappa shape index (κ1) is 14.6. The standard InChI is InChI=1S/C15H24N4O/c1-15(2,3)11-6-9-19(10-7-11)14-12(13(16)18-20)5-4-8-17-14/h4-5,8,11,20H,6-7,9-10H2,1-3H3,(H2,16,18). The molecular weight excluding hydrogens is 252 g/mol. The van der Waals surface area contributed by atoms with Gasteiger partial charge in [-0.05, 0) is 36.3 Å². The molecule has 1 fully saturated rings. The van der Waals surface area contributed by atoms with Gasteiger partial charge in [0.25, 0.3) is 0 Å². The lowest BCUT2D eigenvalue weighted by atomic mass is 9.75. The first-order valence-electron chi connectivity index (χ1n) is 7.11. The van der Waals surface area contributed by atoms with E-state index in [1.54, 1.807) is 12.3 Å². The van der Waals surface area contributed by atoms with Crippen LogP contribution in [0.5, 0.6) is 0 Å². The molecule has 5 nitrogen and oxygen atoms in total. The summed E-state index contributed by atoms with van der Waals surface area (Å²) in [6, 6.07) is 3.64. The summed E-state index contributed by atoms with van der Waals surface area (Å²) in [5.74, 6) is 1.66. The molecule has 3 N–H and O–H groups in total. The SMILES string of the molecule is CC(C)(C)C1CCN(c2ncccc2/C(N)=N/O)CC1. The fraction of sp³-hybridized carbons (Fsp3) is 0.600. The fourth-order valence-corrected chi connectivity index (χ4v) is 2.86. The molecule has 2 rings (SSSR count). The molecule has 1 saturated heterocycles. The number of anilines is 1. The van der Waals surface area contributed by atoms with E-state index < -0.39 is 0 Å². The third-order valence-electron chi connectivity index (χ3n) is 4.19. The highest BCUT2D eigenvalue weighted by atomic mass is 16.4. The molecule has 0 unspecified atom stereocenters. The van der Waals surface area contributed by atoms with Gasteiger partial charge in [-0.15, -0.1) is 0 Å². The third kappa shape index (κ3) is 3.03. The number of nitrogens with two attached hydrogens (primary N) is 1. The third-order valence-corrected chi connectivity index (χ3v) is 4.19. The van der Waals surface area contributed by atoms with Gasteiger partial charge in [-0.25, -0.2) is 4.98 Å². The van der Waals surface area contributed by atoms with Crippen LogP contribution in [-0.2, 0) is 0 Å². The van der Waals surface area contributed by atoms with Gasteiger partial charge in [0.05, 0.1) is 5.56 Å². The smallest absolute Gasteiger partial charge is 0.173 e. The van der Waals surface area contributed by atoms with Crippen molar-refractivity contribution in [2.45, 2.75) is 33.6 Å². The Balaban J connectivity index is 2.15. The van der Waals surface area contributed by atoms with Crippen LogP contribution in [0.25, 0.3) is 0 Å². The van der Waals surface area contributed by atoms with Crippen molar-refractivity contribution in [1.29, 1.82) is 0 Å². The lowest BCUT2D eigenvalue weighted by Crippen LogP contribution is -2.39. The minimum absolute atomic E-state index is 0.117. The van der Waals surface area contributed by atoms with Crippen LogP contribution in [0.4, 0.5) is 5.82 Å². The molecule has 1 aliphatic heterocycles. The lowest BCUT2D eigenvalue weighted by Gasteiger charge is -2.39. The van der Waals surface area contributed by atoms with E-state index in [4.69, 9.17) is 10.9 Å². The predicted molar refractivity (Wildman–Crippen MR) is 81.1 cm³/mol. The molecule has 0 atom stereocenters. The molecule has 110 valence electrons.